The van der Waals surface area contributed by atoms with Gasteiger partial charge in [0.2, 0.25) is 5.88 Å². The number of ether oxygens (including phenoxy) is 1. The first-order valence-corrected chi connectivity index (χ1v) is 5.25. The predicted octanol–water partition coefficient (Wildman–Crippen LogP) is 2.24. The second-order valence-corrected chi connectivity index (χ2v) is 3.68. The van der Waals surface area contributed by atoms with Crippen molar-refractivity contribution in [1.29, 1.82) is 0 Å². The van der Waals surface area contributed by atoms with Gasteiger partial charge in [0.05, 0.1) is 11.9 Å². The third-order valence-electron chi connectivity index (χ3n) is 2.48. The molecule has 3 aromatic rings. The lowest BCUT2D eigenvalue weighted by Gasteiger charge is -2.06. The van der Waals surface area contributed by atoms with Crippen molar-refractivity contribution in [1.82, 2.24) is 14.6 Å². The molecule has 0 aliphatic heterocycles. The second kappa shape index (κ2) is 3.99. The van der Waals surface area contributed by atoms with Gasteiger partial charge in [0.25, 0.3) is 0 Å². The molecule has 1 aromatic carbocycles. The number of fused-ring (bicyclic) bond motifs is 1. The van der Waals surface area contributed by atoms with Crippen LogP contribution in [0, 0.1) is 5.82 Å². The summed E-state index contributed by atoms with van der Waals surface area (Å²) >= 11 is 0. The SMILES string of the molecule is Nc1ccc(Oc2nccn3nccc23)cc1F. The van der Waals surface area contributed by atoms with Crippen molar-refractivity contribution < 1.29 is 9.13 Å². The lowest BCUT2D eigenvalue weighted by Crippen LogP contribution is -1.95. The number of nitrogens with two attached hydrogens (primary N) is 1. The van der Waals surface area contributed by atoms with Crippen LogP contribution >= 0.6 is 0 Å². The van der Waals surface area contributed by atoms with Gasteiger partial charge in [0, 0.05) is 18.5 Å². The maximum Gasteiger partial charge on any atom is 0.245 e. The van der Waals surface area contributed by atoms with Crippen LogP contribution in [-0.2, 0) is 0 Å². The van der Waals surface area contributed by atoms with Crippen LogP contribution in [0.4, 0.5) is 10.1 Å². The van der Waals surface area contributed by atoms with Gasteiger partial charge in [-0.25, -0.2) is 13.9 Å². The van der Waals surface area contributed by atoms with Gasteiger partial charge < -0.3 is 10.5 Å². The summed E-state index contributed by atoms with van der Waals surface area (Å²) in [5.74, 6) is 0.177. The average Bonchev–Trinajstić information content (AvgIpc) is 2.83. The first-order valence-electron chi connectivity index (χ1n) is 5.25. The zero-order valence-corrected chi connectivity index (χ0v) is 9.25. The van der Waals surface area contributed by atoms with Crippen LogP contribution < -0.4 is 10.5 Å². The fourth-order valence-electron chi connectivity index (χ4n) is 1.59. The lowest BCUT2D eigenvalue weighted by atomic mass is 10.3. The summed E-state index contributed by atoms with van der Waals surface area (Å²) in [4.78, 5) is 4.09. The van der Waals surface area contributed by atoms with Gasteiger partial charge in [-0.05, 0) is 18.2 Å². The second-order valence-electron chi connectivity index (χ2n) is 3.68. The Balaban J connectivity index is 2.01. The molecule has 3 rings (SSSR count). The molecule has 0 saturated carbocycles. The smallest absolute Gasteiger partial charge is 0.245 e. The van der Waals surface area contributed by atoms with Gasteiger partial charge in [-0.1, -0.05) is 0 Å². The summed E-state index contributed by atoms with van der Waals surface area (Å²) in [6, 6.07) is 6.01. The number of nitrogens with zero attached hydrogens (tertiary/aromatic N) is 3. The third-order valence-corrected chi connectivity index (χ3v) is 2.48. The highest BCUT2D eigenvalue weighted by Crippen LogP contribution is 2.25. The molecule has 0 aliphatic carbocycles. The van der Waals surface area contributed by atoms with Crippen LogP contribution in [0.15, 0.2) is 42.9 Å². The molecule has 0 radical (unpaired) electrons. The van der Waals surface area contributed by atoms with Crippen molar-refractivity contribution in [2.45, 2.75) is 0 Å². The van der Waals surface area contributed by atoms with E-state index in [4.69, 9.17) is 10.5 Å². The molecule has 90 valence electrons. The van der Waals surface area contributed by atoms with Gasteiger partial charge in [-0.3, -0.25) is 0 Å². The topological polar surface area (TPSA) is 65.4 Å². The van der Waals surface area contributed by atoms with Crippen LogP contribution in [0.3, 0.4) is 0 Å². The molecule has 0 fully saturated rings. The molecule has 0 aliphatic rings. The van der Waals surface area contributed by atoms with E-state index in [0.29, 0.717) is 17.1 Å². The minimum atomic E-state index is -0.520. The monoisotopic (exact) mass is 244 g/mol. The molecular formula is C12H9FN4O. The van der Waals surface area contributed by atoms with E-state index in [2.05, 4.69) is 10.1 Å². The molecule has 2 heterocycles. The van der Waals surface area contributed by atoms with Gasteiger partial charge in [-0.2, -0.15) is 5.10 Å². The molecule has 0 bridgehead atoms. The van der Waals surface area contributed by atoms with E-state index in [-0.39, 0.29) is 5.69 Å². The molecule has 0 saturated heterocycles. The van der Waals surface area contributed by atoms with Gasteiger partial charge in [0.1, 0.15) is 17.1 Å². The van der Waals surface area contributed by atoms with E-state index < -0.39 is 5.82 Å². The quantitative estimate of drug-likeness (QED) is 0.702. The molecular weight excluding hydrogens is 235 g/mol. The zero-order chi connectivity index (χ0) is 12.5. The third kappa shape index (κ3) is 1.73. The van der Waals surface area contributed by atoms with Crippen LogP contribution in [0.5, 0.6) is 11.6 Å². The van der Waals surface area contributed by atoms with Gasteiger partial charge in [0.15, 0.2) is 0 Å². The Bertz CT molecular complexity index is 710. The van der Waals surface area contributed by atoms with E-state index in [1.807, 2.05) is 0 Å². The van der Waals surface area contributed by atoms with E-state index in [1.54, 1.807) is 35.2 Å². The van der Waals surface area contributed by atoms with Crippen molar-refractivity contribution >= 4 is 11.2 Å². The van der Waals surface area contributed by atoms with Gasteiger partial charge >= 0.3 is 0 Å². The minimum absolute atomic E-state index is 0.0814. The van der Waals surface area contributed by atoms with Crippen molar-refractivity contribution in [2.75, 3.05) is 5.73 Å². The highest BCUT2D eigenvalue weighted by atomic mass is 19.1. The van der Waals surface area contributed by atoms with E-state index >= 15 is 0 Å². The fourth-order valence-corrected chi connectivity index (χ4v) is 1.59. The Kier molecular flexibility index (Phi) is 2.33. The Morgan fingerprint density at radius 3 is 2.94 bits per heavy atom. The molecule has 6 heteroatoms. The van der Waals surface area contributed by atoms with Crippen molar-refractivity contribution in [3.05, 3.63) is 48.7 Å². The lowest BCUT2D eigenvalue weighted by molar-refractivity contribution is 0.461. The molecule has 0 amide bonds. The minimum Gasteiger partial charge on any atom is -0.437 e. The van der Waals surface area contributed by atoms with E-state index in [0.717, 1.165) is 0 Å². The largest absolute Gasteiger partial charge is 0.437 e. The zero-order valence-electron chi connectivity index (χ0n) is 9.25. The number of benzene rings is 1. The molecule has 0 spiro atoms. The Hall–Kier alpha value is -2.63. The first-order chi connectivity index (χ1) is 8.74. The van der Waals surface area contributed by atoms with Crippen molar-refractivity contribution in [3.63, 3.8) is 0 Å². The summed E-state index contributed by atoms with van der Waals surface area (Å²) in [5.41, 5.74) is 6.18. The summed E-state index contributed by atoms with van der Waals surface area (Å²) in [5, 5.41) is 4.06. The van der Waals surface area contributed by atoms with E-state index in [1.165, 1.54) is 12.1 Å². The molecule has 2 N–H and O–H groups in total. The summed E-state index contributed by atoms with van der Waals surface area (Å²) in [6.07, 6.45) is 4.89. The highest BCUT2D eigenvalue weighted by Gasteiger charge is 2.07. The van der Waals surface area contributed by atoms with Crippen LogP contribution in [-0.4, -0.2) is 14.6 Å². The Morgan fingerprint density at radius 2 is 2.11 bits per heavy atom. The summed E-state index contributed by atoms with van der Waals surface area (Å²) < 4.78 is 20.4. The number of aromatic nitrogens is 3. The molecule has 5 nitrogen and oxygen atoms in total. The number of anilines is 1. The van der Waals surface area contributed by atoms with Gasteiger partial charge in [-0.15, -0.1) is 0 Å². The van der Waals surface area contributed by atoms with Crippen LogP contribution in [0.25, 0.3) is 5.52 Å². The number of hydrogen-bond donors (Lipinski definition) is 1. The Labute approximate surface area is 102 Å². The molecule has 2 aromatic heterocycles. The number of hydrogen-bond acceptors (Lipinski definition) is 4. The molecule has 0 atom stereocenters. The fraction of sp³-hybridized carbons (Fsp3) is 0. The normalized spacial score (nSPS) is 10.7. The standard InChI is InChI=1S/C12H9FN4O/c13-9-7-8(1-2-10(9)14)18-12-11-3-4-16-17(11)6-5-15-12/h1-7H,14H2. The van der Waals surface area contributed by atoms with E-state index in [9.17, 15) is 4.39 Å². The molecule has 0 unspecified atom stereocenters. The number of nitrogen functional groups attached to an aromatic ring is 1. The summed E-state index contributed by atoms with van der Waals surface area (Å²) in [6.45, 7) is 0. The number of rotatable bonds is 2. The maximum atomic E-state index is 13.3. The number of halogens is 1. The predicted molar refractivity (Wildman–Crippen MR) is 63.9 cm³/mol. The maximum absolute atomic E-state index is 13.3. The Morgan fingerprint density at radius 1 is 1.22 bits per heavy atom. The van der Waals surface area contributed by atoms with Crippen molar-refractivity contribution in [2.24, 2.45) is 0 Å². The summed E-state index contributed by atoms with van der Waals surface area (Å²) in [7, 11) is 0. The molecule has 18 heavy (non-hydrogen) atoms. The van der Waals surface area contributed by atoms with Crippen LogP contribution in [0.2, 0.25) is 0 Å². The highest BCUT2D eigenvalue weighted by molar-refractivity contribution is 5.56. The average molecular weight is 244 g/mol. The van der Waals surface area contributed by atoms with Crippen LogP contribution in [0.1, 0.15) is 0 Å². The van der Waals surface area contributed by atoms with Crippen molar-refractivity contribution in [3.8, 4) is 11.6 Å². The first kappa shape index (κ1) is 10.5.